The maximum absolute atomic E-state index is 6.24. The largest absolute Gasteiger partial charge is 0.500 e. The Balaban J connectivity index is 0.000000195. The van der Waals surface area contributed by atoms with Crippen molar-refractivity contribution in [3.05, 3.63) is 145 Å². The van der Waals surface area contributed by atoms with E-state index < -0.39 is 0 Å². The Bertz CT molecular complexity index is 1730. The zero-order valence-electron chi connectivity index (χ0n) is 22.2. The maximum Gasteiger partial charge on any atom is 0.122 e. The molecule has 1 radical (unpaired) electrons. The molecule has 0 saturated heterocycles. The predicted molar refractivity (Wildman–Crippen MR) is 157 cm³/mol. The molecule has 1 aliphatic rings. The monoisotopic (exact) mass is 695 g/mol. The van der Waals surface area contributed by atoms with Gasteiger partial charge in [-0.15, -0.1) is 59.7 Å². The van der Waals surface area contributed by atoms with E-state index in [4.69, 9.17) is 4.74 Å². The molecule has 1 aliphatic heterocycles. The van der Waals surface area contributed by atoms with Crippen molar-refractivity contribution < 1.29 is 24.8 Å². The van der Waals surface area contributed by atoms with Gasteiger partial charge < -0.3 is 14.7 Å². The third-order valence-electron chi connectivity index (χ3n) is 6.61. The van der Waals surface area contributed by atoms with Crippen LogP contribution in [0, 0.1) is 26.0 Å². The first-order chi connectivity index (χ1) is 19.2. The third kappa shape index (κ3) is 5.79. The summed E-state index contributed by atoms with van der Waals surface area (Å²) >= 11 is 0. The Kier molecular flexibility index (Phi) is 8.31. The number of fused-ring (bicyclic) bond motifs is 5. The van der Waals surface area contributed by atoms with Crippen molar-refractivity contribution in [1.29, 1.82) is 0 Å². The van der Waals surface area contributed by atoms with Gasteiger partial charge in [0.25, 0.3) is 0 Å². The Hall–Kier alpha value is -4.37. The minimum atomic E-state index is 0. The molecule has 40 heavy (non-hydrogen) atoms. The fourth-order valence-electron chi connectivity index (χ4n) is 4.58. The molecule has 3 nitrogen and oxygen atoms in total. The second kappa shape index (κ2) is 12.2. The van der Waals surface area contributed by atoms with Crippen molar-refractivity contribution >= 4 is 0 Å². The predicted octanol–water partition coefficient (Wildman–Crippen LogP) is 9.15. The summed E-state index contributed by atoms with van der Waals surface area (Å²) in [4.78, 5) is 8.86. The first-order valence-electron chi connectivity index (χ1n) is 12.9. The van der Waals surface area contributed by atoms with Gasteiger partial charge in [0.05, 0.1) is 5.75 Å². The zero-order chi connectivity index (χ0) is 26.6. The van der Waals surface area contributed by atoms with Gasteiger partial charge in [0.1, 0.15) is 5.75 Å². The van der Waals surface area contributed by atoms with Crippen molar-refractivity contribution in [2.75, 3.05) is 0 Å². The minimum absolute atomic E-state index is 0. The van der Waals surface area contributed by atoms with E-state index >= 15 is 0 Å². The molecular formula is C36H26IrN2O-2. The molecule has 3 heterocycles. The summed E-state index contributed by atoms with van der Waals surface area (Å²) in [5.74, 6) is 1.69. The molecule has 0 bridgehead atoms. The normalized spacial score (nSPS) is 10.8. The van der Waals surface area contributed by atoms with Crippen LogP contribution < -0.4 is 4.74 Å². The van der Waals surface area contributed by atoms with Crippen molar-refractivity contribution in [3.8, 4) is 56.3 Å². The van der Waals surface area contributed by atoms with E-state index in [1.54, 1.807) is 0 Å². The van der Waals surface area contributed by atoms with Crippen LogP contribution in [0.15, 0.2) is 122 Å². The van der Waals surface area contributed by atoms with Gasteiger partial charge in [-0.25, -0.2) is 0 Å². The molecule has 4 aromatic carbocycles. The molecule has 0 unspecified atom stereocenters. The van der Waals surface area contributed by atoms with E-state index in [9.17, 15) is 0 Å². The molecule has 7 rings (SSSR count). The summed E-state index contributed by atoms with van der Waals surface area (Å²) < 4.78 is 6.24. The first-order valence-corrected chi connectivity index (χ1v) is 12.9. The van der Waals surface area contributed by atoms with E-state index in [1.165, 1.54) is 11.1 Å². The van der Waals surface area contributed by atoms with Crippen LogP contribution in [0.3, 0.4) is 0 Å². The van der Waals surface area contributed by atoms with Crippen LogP contribution >= 0.6 is 0 Å². The van der Waals surface area contributed by atoms with E-state index in [0.29, 0.717) is 0 Å². The molecule has 0 amide bonds. The van der Waals surface area contributed by atoms with Gasteiger partial charge in [-0.2, -0.15) is 0 Å². The number of aryl methyl sites for hydroxylation is 2. The van der Waals surface area contributed by atoms with Crippen LogP contribution in [-0.4, -0.2) is 9.97 Å². The SMILES string of the molecule is Cc1ccc(-c2[c-]cc3c(c2)-c2ccccc2-c2ccccc2O3)nc1.Cc1ccc(-c2[c-]cccc2)nc1.[Ir]. The summed E-state index contributed by atoms with van der Waals surface area (Å²) in [6.45, 7) is 4.07. The van der Waals surface area contributed by atoms with Crippen molar-refractivity contribution in [3.63, 3.8) is 0 Å². The van der Waals surface area contributed by atoms with E-state index in [0.717, 1.165) is 56.3 Å². The second-order valence-corrected chi connectivity index (χ2v) is 9.49. The van der Waals surface area contributed by atoms with Crippen molar-refractivity contribution in [2.45, 2.75) is 13.8 Å². The smallest absolute Gasteiger partial charge is 0.122 e. The number of aromatic nitrogens is 2. The molecule has 2 aromatic heterocycles. The summed E-state index contributed by atoms with van der Waals surface area (Å²) in [6.07, 6.45) is 3.76. The third-order valence-corrected chi connectivity index (χ3v) is 6.61. The number of hydrogen-bond donors (Lipinski definition) is 0. The Morgan fingerprint density at radius 3 is 1.77 bits per heavy atom. The van der Waals surface area contributed by atoms with Crippen molar-refractivity contribution in [2.24, 2.45) is 0 Å². The topological polar surface area (TPSA) is 35.0 Å². The molecule has 4 heteroatoms. The fourth-order valence-corrected chi connectivity index (χ4v) is 4.58. The molecule has 0 atom stereocenters. The Labute approximate surface area is 248 Å². The number of nitrogens with zero attached hydrogens (tertiary/aromatic N) is 2. The number of benzene rings is 4. The van der Waals surface area contributed by atoms with Crippen LogP contribution in [0.2, 0.25) is 0 Å². The zero-order valence-corrected chi connectivity index (χ0v) is 24.6. The summed E-state index contributed by atoms with van der Waals surface area (Å²) in [6, 6.07) is 43.1. The van der Waals surface area contributed by atoms with Gasteiger partial charge in [0, 0.05) is 38.1 Å². The van der Waals surface area contributed by atoms with Gasteiger partial charge >= 0.3 is 0 Å². The number of hydrogen-bond acceptors (Lipinski definition) is 3. The molecule has 0 spiro atoms. The summed E-state index contributed by atoms with van der Waals surface area (Å²) in [7, 11) is 0. The molecular weight excluding hydrogens is 669 g/mol. The second-order valence-electron chi connectivity index (χ2n) is 9.49. The van der Waals surface area contributed by atoms with Crippen molar-refractivity contribution in [1.82, 2.24) is 9.97 Å². The molecule has 0 saturated carbocycles. The van der Waals surface area contributed by atoms with Gasteiger partial charge in [0.15, 0.2) is 0 Å². The van der Waals surface area contributed by atoms with Gasteiger partial charge in [-0.05, 0) is 53.6 Å². The van der Waals surface area contributed by atoms with E-state index in [-0.39, 0.29) is 20.1 Å². The standard InChI is InChI=1S/C24H16NO.C12H10N.Ir/c1-16-10-12-22(25-15-16)17-11-13-24-21(14-17)19-7-3-2-6-18(19)20-8-4-5-9-23(20)26-24;1-10-7-8-12(13-9-10)11-5-3-2-4-6-11;/h2-10,12-15H,1H3;2-5,7-9H,1H3;/q2*-1;. The Morgan fingerprint density at radius 1 is 0.550 bits per heavy atom. The molecule has 197 valence electrons. The van der Waals surface area contributed by atoms with Crippen LogP contribution in [-0.2, 0) is 20.1 Å². The number of ether oxygens (including phenoxy) is 1. The first kappa shape index (κ1) is 27.2. The van der Waals surface area contributed by atoms with Gasteiger partial charge in [-0.3, -0.25) is 0 Å². The molecule has 0 aliphatic carbocycles. The number of rotatable bonds is 2. The van der Waals surface area contributed by atoms with Gasteiger partial charge in [-0.1, -0.05) is 72.3 Å². The van der Waals surface area contributed by atoms with E-state index in [2.05, 4.69) is 70.6 Å². The van der Waals surface area contributed by atoms with Crippen LogP contribution in [0.5, 0.6) is 11.5 Å². The fraction of sp³-hybridized carbons (Fsp3) is 0.0556. The van der Waals surface area contributed by atoms with E-state index in [1.807, 2.05) is 86.9 Å². The summed E-state index contributed by atoms with van der Waals surface area (Å²) in [5.41, 5.74) is 10.7. The minimum Gasteiger partial charge on any atom is -0.500 e. The van der Waals surface area contributed by atoms with Crippen LogP contribution in [0.4, 0.5) is 0 Å². The molecule has 0 fully saturated rings. The quantitative estimate of drug-likeness (QED) is 0.169. The number of pyridine rings is 2. The maximum atomic E-state index is 6.24. The summed E-state index contributed by atoms with van der Waals surface area (Å²) in [5, 5.41) is 0. The average molecular weight is 695 g/mol. The van der Waals surface area contributed by atoms with Crippen LogP contribution in [0.25, 0.3) is 44.8 Å². The van der Waals surface area contributed by atoms with Crippen LogP contribution in [0.1, 0.15) is 11.1 Å². The molecule has 6 aromatic rings. The number of para-hydroxylation sites is 1. The Morgan fingerprint density at radius 2 is 1.15 bits per heavy atom. The average Bonchev–Trinajstić information content (AvgIpc) is 3.13. The van der Waals surface area contributed by atoms with Gasteiger partial charge in [0.2, 0.25) is 0 Å². The molecule has 0 N–H and O–H groups in total.